The number of aromatic nitrogens is 3. The summed E-state index contributed by atoms with van der Waals surface area (Å²) >= 11 is 7.39. The highest BCUT2D eigenvalue weighted by Crippen LogP contribution is 2.38. The molecule has 0 saturated carbocycles. The number of nitrogens with one attached hydrogen (secondary N) is 1. The number of hydrogen-bond acceptors (Lipinski definition) is 7. The fourth-order valence-electron chi connectivity index (χ4n) is 5.08. The Morgan fingerprint density at radius 3 is 2.26 bits per heavy atom. The minimum Gasteiger partial charge on any atom is -0.475 e. The Balaban J connectivity index is 1.45. The van der Waals surface area contributed by atoms with Gasteiger partial charge in [0.15, 0.2) is 16.1 Å². The molecule has 0 saturated heterocycles. The molecule has 6 nitrogen and oxygen atoms in total. The lowest BCUT2D eigenvalue weighted by atomic mass is 10.2. The fourth-order valence-corrected chi connectivity index (χ4v) is 10.2. The molecule has 0 unspecified atom stereocenters. The quantitative estimate of drug-likeness (QED) is 0.133. The van der Waals surface area contributed by atoms with Crippen LogP contribution in [0.1, 0.15) is 27.2 Å². The molecule has 3 heterocycles. The zero-order valence-corrected chi connectivity index (χ0v) is 24.4. The lowest BCUT2D eigenvalue weighted by Crippen LogP contribution is -2.66. The number of hydrogen-bond donors (Lipinski definition) is 1. The van der Waals surface area contributed by atoms with Crippen molar-refractivity contribution in [1.82, 2.24) is 15.0 Å². The zero-order valence-electron chi connectivity index (χ0n) is 21.8. The average Bonchev–Trinajstić information content (AvgIpc) is 3.09. The highest BCUT2D eigenvalue weighted by Gasteiger charge is 2.50. The van der Waals surface area contributed by atoms with Gasteiger partial charge in [-0.3, -0.25) is 0 Å². The van der Waals surface area contributed by atoms with Gasteiger partial charge in [0.1, 0.15) is 23.3 Å². The maximum atomic E-state index is 14.8. The van der Waals surface area contributed by atoms with Crippen molar-refractivity contribution >= 4 is 58.8 Å². The van der Waals surface area contributed by atoms with Crippen molar-refractivity contribution in [2.24, 2.45) is 0 Å². The number of halogens is 2. The average molecular weight is 569 g/mol. The van der Waals surface area contributed by atoms with Gasteiger partial charge in [-0.25, -0.2) is 14.4 Å². The first-order valence-electron chi connectivity index (χ1n) is 12.5. The van der Waals surface area contributed by atoms with E-state index < -0.39 is 14.1 Å². The molecule has 0 aliphatic carbocycles. The van der Waals surface area contributed by atoms with Crippen molar-refractivity contribution in [3.63, 3.8) is 0 Å². The fraction of sp³-hybridized carbons (Fsp3) is 0.321. The van der Waals surface area contributed by atoms with Crippen molar-refractivity contribution in [3.8, 4) is 5.88 Å². The van der Waals surface area contributed by atoms with Gasteiger partial charge >= 0.3 is 0 Å². The standard InChI is InChI=1S/C28H30ClFN4O2SSi/c1-28(2,3)38(19-11-7-5-8-12-19,20-13-9-6-10-14-20)36-16-15-18-17-35-26-21-23(22(30)24(29)33-26)32-27(37-4)34-25(21)31-18/h5-14,18H,15-17H2,1-4H3,(H,31,32,34)/t18-/m0/s1. The number of nitrogens with zero attached hydrogens (tertiary/aromatic N) is 3. The van der Waals surface area contributed by atoms with Crippen LogP contribution in [0.25, 0.3) is 10.9 Å². The van der Waals surface area contributed by atoms with Crippen LogP contribution in [0, 0.1) is 5.82 Å². The topological polar surface area (TPSA) is 69.2 Å². The molecule has 4 aromatic rings. The first kappa shape index (κ1) is 26.9. The summed E-state index contributed by atoms with van der Waals surface area (Å²) in [6.45, 7) is 7.58. The van der Waals surface area contributed by atoms with E-state index in [9.17, 15) is 4.39 Å². The van der Waals surface area contributed by atoms with Crippen molar-refractivity contribution in [2.75, 3.05) is 24.8 Å². The first-order chi connectivity index (χ1) is 18.2. The van der Waals surface area contributed by atoms with Gasteiger partial charge in [0.05, 0.1) is 6.04 Å². The minimum absolute atomic E-state index is 0.103. The molecular weight excluding hydrogens is 539 g/mol. The largest absolute Gasteiger partial charge is 0.475 e. The van der Waals surface area contributed by atoms with Crippen LogP contribution in [-0.2, 0) is 4.43 Å². The third kappa shape index (κ3) is 4.88. The maximum absolute atomic E-state index is 14.8. The Morgan fingerprint density at radius 1 is 1.05 bits per heavy atom. The van der Waals surface area contributed by atoms with Crippen LogP contribution >= 0.6 is 23.4 Å². The van der Waals surface area contributed by atoms with Crippen LogP contribution in [0.15, 0.2) is 65.8 Å². The van der Waals surface area contributed by atoms with Gasteiger partial charge in [0.25, 0.3) is 8.32 Å². The Morgan fingerprint density at radius 2 is 1.68 bits per heavy atom. The second-order valence-electron chi connectivity index (χ2n) is 10.3. The molecular formula is C28H30ClFN4O2SSi. The van der Waals surface area contributed by atoms with Crippen molar-refractivity contribution in [3.05, 3.63) is 71.6 Å². The SMILES string of the molecule is CSc1nc2c3c(nc(Cl)c(F)c3n1)OC[C@H](CCO[Si](c1ccccc1)(c1ccccc1)C(C)(C)C)N2. The summed E-state index contributed by atoms with van der Waals surface area (Å²) in [5.74, 6) is 0.0468. The van der Waals surface area contributed by atoms with Gasteiger partial charge in [-0.05, 0) is 28.1 Å². The van der Waals surface area contributed by atoms with Gasteiger partial charge in [0.2, 0.25) is 5.88 Å². The summed E-state index contributed by atoms with van der Waals surface area (Å²) in [6.07, 6.45) is 2.49. The molecule has 5 rings (SSSR count). The summed E-state index contributed by atoms with van der Waals surface area (Å²) in [5.41, 5.74) is 0.103. The van der Waals surface area contributed by atoms with Gasteiger partial charge in [-0.2, -0.15) is 4.98 Å². The monoisotopic (exact) mass is 568 g/mol. The van der Waals surface area contributed by atoms with E-state index in [2.05, 4.69) is 89.6 Å². The van der Waals surface area contributed by atoms with Crippen LogP contribution in [-0.4, -0.2) is 48.8 Å². The number of rotatable bonds is 7. The third-order valence-electron chi connectivity index (χ3n) is 6.84. The Labute approximate surface area is 232 Å². The number of benzene rings is 2. The van der Waals surface area contributed by atoms with Crippen LogP contribution in [0.2, 0.25) is 10.2 Å². The molecule has 1 N–H and O–H groups in total. The van der Waals surface area contributed by atoms with Crippen LogP contribution < -0.4 is 20.4 Å². The highest BCUT2D eigenvalue weighted by molar-refractivity contribution is 7.98. The molecule has 0 bridgehead atoms. The van der Waals surface area contributed by atoms with E-state index in [-0.39, 0.29) is 27.6 Å². The van der Waals surface area contributed by atoms with E-state index in [1.54, 1.807) is 0 Å². The molecule has 1 aliphatic heterocycles. The highest BCUT2D eigenvalue weighted by atomic mass is 35.5. The number of ether oxygens (including phenoxy) is 1. The number of pyridine rings is 1. The molecule has 2 aromatic carbocycles. The van der Waals surface area contributed by atoms with Crippen molar-refractivity contribution in [1.29, 1.82) is 0 Å². The Hall–Kier alpha value is -2.72. The predicted octanol–water partition coefficient (Wildman–Crippen LogP) is 5.68. The summed E-state index contributed by atoms with van der Waals surface area (Å²) in [4.78, 5) is 13.1. The number of thioether (sulfide) groups is 1. The molecule has 0 amide bonds. The normalized spacial score (nSPS) is 15.6. The summed E-state index contributed by atoms with van der Waals surface area (Å²) in [6, 6.07) is 21.0. The Bertz CT molecular complexity index is 1400. The van der Waals surface area contributed by atoms with E-state index in [1.165, 1.54) is 22.1 Å². The summed E-state index contributed by atoms with van der Waals surface area (Å²) in [5, 5.41) is 6.36. The van der Waals surface area contributed by atoms with E-state index in [4.69, 9.17) is 20.8 Å². The lowest BCUT2D eigenvalue weighted by molar-refractivity contribution is 0.244. The lowest BCUT2D eigenvalue weighted by Gasteiger charge is -2.43. The van der Waals surface area contributed by atoms with Crippen molar-refractivity contribution < 1.29 is 13.6 Å². The molecule has 198 valence electrons. The number of anilines is 1. The van der Waals surface area contributed by atoms with E-state index in [0.29, 0.717) is 36.0 Å². The Kier molecular flexibility index (Phi) is 7.64. The van der Waals surface area contributed by atoms with Gasteiger partial charge in [-0.1, -0.05) is 105 Å². The molecule has 1 atom stereocenters. The maximum Gasteiger partial charge on any atom is 0.261 e. The molecule has 1 aliphatic rings. The molecule has 10 heteroatoms. The summed E-state index contributed by atoms with van der Waals surface area (Å²) < 4.78 is 27.9. The molecule has 2 aromatic heterocycles. The zero-order chi connectivity index (χ0) is 26.9. The molecule has 0 spiro atoms. The van der Waals surface area contributed by atoms with Gasteiger partial charge < -0.3 is 14.5 Å². The smallest absolute Gasteiger partial charge is 0.261 e. The van der Waals surface area contributed by atoms with E-state index >= 15 is 0 Å². The second kappa shape index (κ2) is 10.8. The van der Waals surface area contributed by atoms with Crippen LogP contribution in [0.4, 0.5) is 10.2 Å². The van der Waals surface area contributed by atoms with E-state index in [1.807, 2.05) is 18.4 Å². The van der Waals surface area contributed by atoms with Crippen molar-refractivity contribution in [2.45, 2.75) is 43.4 Å². The van der Waals surface area contributed by atoms with Gasteiger partial charge in [-0.15, -0.1) is 0 Å². The second-order valence-corrected chi connectivity index (χ2v) is 15.7. The molecule has 0 radical (unpaired) electrons. The minimum atomic E-state index is -2.67. The molecule has 0 fully saturated rings. The van der Waals surface area contributed by atoms with E-state index in [0.717, 1.165) is 0 Å². The van der Waals surface area contributed by atoms with Crippen LogP contribution in [0.3, 0.4) is 0 Å². The third-order valence-corrected chi connectivity index (χ3v) is 12.7. The first-order valence-corrected chi connectivity index (χ1v) is 16.0. The van der Waals surface area contributed by atoms with Gasteiger partial charge in [0, 0.05) is 6.61 Å². The molecule has 38 heavy (non-hydrogen) atoms. The summed E-state index contributed by atoms with van der Waals surface area (Å²) in [7, 11) is -2.67. The van der Waals surface area contributed by atoms with Crippen LogP contribution in [0.5, 0.6) is 5.88 Å². The predicted molar refractivity (Wildman–Crippen MR) is 155 cm³/mol.